The number of hydrogen-bond donors (Lipinski definition) is 1. The number of halogens is 1. The van der Waals surface area contributed by atoms with Crippen molar-refractivity contribution in [3.63, 3.8) is 0 Å². The maximum Gasteiger partial charge on any atom is 0.261 e. The van der Waals surface area contributed by atoms with E-state index in [1.807, 2.05) is 45.0 Å². The highest BCUT2D eigenvalue weighted by atomic mass is 19.1. The Hall–Kier alpha value is -3.09. The van der Waals surface area contributed by atoms with Crippen LogP contribution in [0.2, 0.25) is 0 Å². The van der Waals surface area contributed by atoms with Gasteiger partial charge >= 0.3 is 0 Å². The summed E-state index contributed by atoms with van der Waals surface area (Å²) in [4.78, 5) is 27.5. The highest BCUT2D eigenvalue weighted by Crippen LogP contribution is 2.17. The molecule has 0 radical (unpaired) electrons. The van der Waals surface area contributed by atoms with E-state index in [2.05, 4.69) is 5.32 Å². The molecule has 0 saturated heterocycles. The summed E-state index contributed by atoms with van der Waals surface area (Å²) in [5.74, 6) is 0.193. The van der Waals surface area contributed by atoms with Crippen LogP contribution in [-0.4, -0.2) is 42.5 Å². The van der Waals surface area contributed by atoms with Crippen molar-refractivity contribution in [2.45, 2.75) is 52.2 Å². The number of carbonyl (C=O) groups excluding carboxylic acids is 2. The minimum Gasteiger partial charge on any atom is -0.497 e. The molecule has 2 aromatic carbocycles. The number of nitrogens with one attached hydrogen (secondary N) is 1. The molecular formula is C24H31FN2O4. The van der Waals surface area contributed by atoms with E-state index >= 15 is 0 Å². The summed E-state index contributed by atoms with van der Waals surface area (Å²) in [5.41, 5.74) is 0.866. The van der Waals surface area contributed by atoms with Gasteiger partial charge in [-0.2, -0.15) is 0 Å². The van der Waals surface area contributed by atoms with E-state index in [1.165, 1.54) is 29.2 Å². The van der Waals surface area contributed by atoms with E-state index in [0.29, 0.717) is 17.9 Å². The number of nitrogens with zero attached hydrogens (tertiary/aromatic N) is 1. The SMILES string of the molecule is CC[C@@H](C)NC(=O)[C@H](CC)N(Cc1ccc(OC)cc1)C(=O)COc1ccc(F)cc1. The highest BCUT2D eigenvalue weighted by Gasteiger charge is 2.29. The van der Waals surface area contributed by atoms with Crippen LogP contribution in [0.4, 0.5) is 4.39 Å². The molecule has 6 nitrogen and oxygen atoms in total. The van der Waals surface area contributed by atoms with E-state index < -0.39 is 6.04 Å². The zero-order valence-electron chi connectivity index (χ0n) is 18.6. The van der Waals surface area contributed by atoms with Gasteiger partial charge in [-0.3, -0.25) is 9.59 Å². The van der Waals surface area contributed by atoms with Gasteiger partial charge in [0.05, 0.1) is 7.11 Å². The van der Waals surface area contributed by atoms with E-state index in [-0.39, 0.29) is 36.8 Å². The Morgan fingerprint density at radius 2 is 1.61 bits per heavy atom. The van der Waals surface area contributed by atoms with Gasteiger partial charge in [0.25, 0.3) is 5.91 Å². The zero-order chi connectivity index (χ0) is 22.8. The first-order valence-corrected chi connectivity index (χ1v) is 10.5. The number of ether oxygens (including phenoxy) is 2. The second kappa shape index (κ2) is 11.9. The van der Waals surface area contributed by atoms with E-state index in [0.717, 1.165) is 12.0 Å². The Morgan fingerprint density at radius 3 is 2.16 bits per heavy atom. The van der Waals surface area contributed by atoms with Crippen LogP contribution >= 0.6 is 0 Å². The maximum atomic E-state index is 13.1. The van der Waals surface area contributed by atoms with Gasteiger partial charge in [0.1, 0.15) is 23.4 Å². The molecule has 0 fully saturated rings. The van der Waals surface area contributed by atoms with Crippen molar-refractivity contribution < 1.29 is 23.5 Å². The first kappa shape index (κ1) is 24.2. The van der Waals surface area contributed by atoms with Crippen LogP contribution in [0.15, 0.2) is 48.5 Å². The average molecular weight is 431 g/mol. The number of hydrogen-bond acceptors (Lipinski definition) is 4. The first-order chi connectivity index (χ1) is 14.9. The molecule has 0 aliphatic carbocycles. The molecule has 0 bridgehead atoms. The van der Waals surface area contributed by atoms with Crippen molar-refractivity contribution in [1.82, 2.24) is 10.2 Å². The molecule has 7 heteroatoms. The van der Waals surface area contributed by atoms with Gasteiger partial charge in [0.15, 0.2) is 6.61 Å². The summed E-state index contributed by atoms with van der Waals surface area (Å²) in [5, 5.41) is 2.96. The van der Waals surface area contributed by atoms with E-state index in [4.69, 9.17) is 9.47 Å². The lowest BCUT2D eigenvalue weighted by molar-refractivity contribution is -0.143. The predicted molar refractivity (Wildman–Crippen MR) is 117 cm³/mol. The second-order valence-corrected chi connectivity index (χ2v) is 7.35. The van der Waals surface area contributed by atoms with Crippen LogP contribution < -0.4 is 14.8 Å². The molecule has 0 unspecified atom stereocenters. The third-order valence-electron chi connectivity index (χ3n) is 5.07. The zero-order valence-corrected chi connectivity index (χ0v) is 18.6. The first-order valence-electron chi connectivity index (χ1n) is 10.5. The van der Waals surface area contributed by atoms with Gasteiger partial charge < -0.3 is 19.7 Å². The number of carbonyl (C=O) groups is 2. The summed E-state index contributed by atoms with van der Waals surface area (Å²) >= 11 is 0. The van der Waals surface area contributed by atoms with Gasteiger partial charge in [0, 0.05) is 12.6 Å². The fraction of sp³-hybridized carbons (Fsp3) is 0.417. The topological polar surface area (TPSA) is 67.9 Å². The van der Waals surface area contributed by atoms with Gasteiger partial charge in [-0.1, -0.05) is 26.0 Å². The number of rotatable bonds is 11. The molecule has 1 N–H and O–H groups in total. The van der Waals surface area contributed by atoms with Crippen molar-refractivity contribution in [2.75, 3.05) is 13.7 Å². The van der Waals surface area contributed by atoms with Crippen LogP contribution in [0.3, 0.4) is 0 Å². The highest BCUT2D eigenvalue weighted by molar-refractivity contribution is 5.88. The van der Waals surface area contributed by atoms with Crippen molar-refractivity contribution in [3.05, 3.63) is 59.9 Å². The van der Waals surface area contributed by atoms with Crippen molar-refractivity contribution in [2.24, 2.45) is 0 Å². The molecule has 2 amide bonds. The largest absolute Gasteiger partial charge is 0.497 e. The van der Waals surface area contributed by atoms with Crippen LogP contribution in [-0.2, 0) is 16.1 Å². The lowest BCUT2D eigenvalue weighted by Gasteiger charge is -2.31. The Balaban J connectivity index is 2.20. The standard InChI is InChI=1S/C24H31FN2O4/c1-5-17(3)26-24(29)22(6-2)27(15-18-7-11-20(30-4)12-8-18)23(28)16-31-21-13-9-19(25)10-14-21/h7-14,17,22H,5-6,15-16H2,1-4H3,(H,26,29)/t17-,22+/m1/s1. The predicted octanol–water partition coefficient (Wildman–Crippen LogP) is 3.94. The molecule has 0 aromatic heterocycles. The van der Waals surface area contributed by atoms with Crippen molar-refractivity contribution >= 4 is 11.8 Å². The quantitative estimate of drug-likeness (QED) is 0.586. The normalized spacial score (nSPS) is 12.5. The Kier molecular flexibility index (Phi) is 9.31. The summed E-state index contributed by atoms with van der Waals surface area (Å²) in [7, 11) is 1.59. The summed E-state index contributed by atoms with van der Waals surface area (Å²) in [6, 6.07) is 12.2. The fourth-order valence-electron chi connectivity index (χ4n) is 3.05. The van der Waals surface area contributed by atoms with Crippen LogP contribution in [0.1, 0.15) is 39.2 Å². The Morgan fingerprint density at radius 1 is 1.00 bits per heavy atom. The number of methoxy groups -OCH3 is 1. The summed E-state index contributed by atoms with van der Waals surface area (Å²) in [6.07, 6.45) is 1.25. The molecule has 168 valence electrons. The smallest absolute Gasteiger partial charge is 0.261 e. The van der Waals surface area contributed by atoms with E-state index in [1.54, 1.807) is 7.11 Å². The molecule has 2 aromatic rings. The minimum absolute atomic E-state index is 0.00922. The van der Waals surface area contributed by atoms with Crippen LogP contribution in [0.25, 0.3) is 0 Å². The minimum atomic E-state index is -0.639. The lowest BCUT2D eigenvalue weighted by atomic mass is 10.1. The van der Waals surface area contributed by atoms with E-state index in [9.17, 15) is 14.0 Å². The second-order valence-electron chi connectivity index (χ2n) is 7.35. The molecule has 31 heavy (non-hydrogen) atoms. The molecule has 0 saturated carbocycles. The molecule has 0 spiro atoms. The molecule has 2 rings (SSSR count). The molecule has 0 aliphatic rings. The third kappa shape index (κ3) is 7.27. The van der Waals surface area contributed by atoms with Crippen molar-refractivity contribution in [3.8, 4) is 11.5 Å². The van der Waals surface area contributed by atoms with Crippen molar-refractivity contribution in [1.29, 1.82) is 0 Å². The lowest BCUT2D eigenvalue weighted by Crippen LogP contribution is -2.51. The van der Waals surface area contributed by atoms with Gasteiger partial charge in [-0.05, 0) is 61.7 Å². The fourth-order valence-corrected chi connectivity index (χ4v) is 3.05. The van der Waals surface area contributed by atoms with Gasteiger partial charge in [-0.15, -0.1) is 0 Å². The molecule has 2 atom stereocenters. The Labute approximate surface area is 183 Å². The van der Waals surface area contributed by atoms with Gasteiger partial charge in [-0.25, -0.2) is 4.39 Å². The monoisotopic (exact) mass is 430 g/mol. The molecule has 0 heterocycles. The molecular weight excluding hydrogens is 399 g/mol. The molecule has 0 aliphatic heterocycles. The Bertz CT molecular complexity index is 840. The number of amides is 2. The summed E-state index contributed by atoms with van der Waals surface area (Å²) < 4.78 is 23.8. The van der Waals surface area contributed by atoms with Crippen LogP contribution in [0, 0.1) is 5.82 Å². The third-order valence-corrected chi connectivity index (χ3v) is 5.07. The average Bonchev–Trinajstić information content (AvgIpc) is 2.78. The summed E-state index contributed by atoms with van der Waals surface area (Å²) in [6.45, 7) is 5.79. The number of benzene rings is 2. The van der Waals surface area contributed by atoms with Crippen LogP contribution in [0.5, 0.6) is 11.5 Å². The maximum absolute atomic E-state index is 13.1. The van der Waals surface area contributed by atoms with Gasteiger partial charge in [0.2, 0.25) is 5.91 Å².